The number of carbonyl (C=O) groups is 1. The van der Waals surface area contributed by atoms with Crippen LogP contribution in [-0.2, 0) is 18.3 Å². The van der Waals surface area contributed by atoms with Gasteiger partial charge in [-0.1, -0.05) is 12.1 Å². The number of Topliss-reactive ketones (excluding diaryl/α,β-unsaturated/α-hetero) is 1. The first-order valence-corrected chi connectivity index (χ1v) is 5.83. The van der Waals surface area contributed by atoms with Gasteiger partial charge in [0.25, 0.3) is 0 Å². The SMILES string of the molecule is Cn1c(=O)[nH]c2cccc(CC3CC(=O)C3)c21. The third-order valence-electron chi connectivity index (χ3n) is 3.54. The minimum atomic E-state index is -0.0860. The highest BCUT2D eigenvalue weighted by molar-refractivity contribution is 5.85. The highest BCUT2D eigenvalue weighted by Crippen LogP contribution is 2.28. The molecule has 1 saturated carbocycles. The van der Waals surface area contributed by atoms with E-state index >= 15 is 0 Å². The van der Waals surface area contributed by atoms with Crippen molar-refractivity contribution in [1.29, 1.82) is 0 Å². The van der Waals surface area contributed by atoms with Crippen molar-refractivity contribution in [1.82, 2.24) is 9.55 Å². The van der Waals surface area contributed by atoms with Crippen molar-refractivity contribution >= 4 is 16.8 Å². The monoisotopic (exact) mass is 230 g/mol. The van der Waals surface area contributed by atoms with E-state index in [2.05, 4.69) is 4.98 Å². The number of hydrogen-bond acceptors (Lipinski definition) is 2. The molecule has 0 atom stereocenters. The van der Waals surface area contributed by atoms with Crippen LogP contribution in [0.1, 0.15) is 18.4 Å². The number of carbonyl (C=O) groups excluding carboxylic acids is 1. The van der Waals surface area contributed by atoms with Crippen molar-refractivity contribution in [2.24, 2.45) is 13.0 Å². The molecule has 17 heavy (non-hydrogen) atoms. The van der Waals surface area contributed by atoms with E-state index in [9.17, 15) is 9.59 Å². The van der Waals surface area contributed by atoms with Crippen LogP contribution in [0.25, 0.3) is 11.0 Å². The topological polar surface area (TPSA) is 54.9 Å². The molecule has 0 aliphatic heterocycles. The summed E-state index contributed by atoms with van der Waals surface area (Å²) in [5, 5.41) is 0. The number of nitrogens with zero attached hydrogens (tertiary/aromatic N) is 1. The van der Waals surface area contributed by atoms with Gasteiger partial charge in [-0.05, 0) is 24.0 Å². The molecule has 0 bridgehead atoms. The van der Waals surface area contributed by atoms with Gasteiger partial charge in [0.15, 0.2) is 0 Å². The summed E-state index contributed by atoms with van der Waals surface area (Å²) in [4.78, 5) is 25.4. The Balaban J connectivity index is 2.03. The Bertz CT molecular complexity index is 643. The lowest BCUT2D eigenvalue weighted by atomic mass is 9.79. The Kier molecular flexibility index (Phi) is 2.18. The van der Waals surface area contributed by atoms with Crippen LogP contribution in [0.5, 0.6) is 0 Å². The van der Waals surface area contributed by atoms with E-state index in [1.54, 1.807) is 11.6 Å². The Morgan fingerprint density at radius 2 is 2.12 bits per heavy atom. The second-order valence-corrected chi connectivity index (χ2v) is 4.82. The largest absolute Gasteiger partial charge is 0.326 e. The van der Waals surface area contributed by atoms with Crippen LogP contribution in [0, 0.1) is 5.92 Å². The van der Waals surface area contributed by atoms with E-state index in [1.807, 2.05) is 18.2 Å². The fourth-order valence-corrected chi connectivity index (χ4v) is 2.59. The van der Waals surface area contributed by atoms with E-state index in [1.165, 1.54) is 0 Å². The third-order valence-corrected chi connectivity index (χ3v) is 3.54. The highest BCUT2D eigenvalue weighted by atomic mass is 16.1. The lowest BCUT2D eigenvalue weighted by Gasteiger charge is -2.24. The molecule has 1 fully saturated rings. The molecular formula is C13H14N2O2. The first-order chi connectivity index (χ1) is 8.15. The molecule has 1 heterocycles. The number of ketones is 1. The molecule has 0 unspecified atom stereocenters. The van der Waals surface area contributed by atoms with Gasteiger partial charge in [-0.3, -0.25) is 9.36 Å². The Morgan fingerprint density at radius 1 is 1.35 bits per heavy atom. The molecular weight excluding hydrogens is 216 g/mol. The van der Waals surface area contributed by atoms with Crippen molar-refractivity contribution < 1.29 is 4.79 Å². The van der Waals surface area contributed by atoms with Crippen molar-refractivity contribution in [2.45, 2.75) is 19.3 Å². The first kappa shape index (κ1) is 10.3. The Hall–Kier alpha value is -1.84. The molecule has 4 heteroatoms. The molecule has 1 aromatic heterocycles. The van der Waals surface area contributed by atoms with Gasteiger partial charge in [0.05, 0.1) is 11.0 Å². The molecule has 4 nitrogen and oxygen atoms in total. The van der Waals surface area contributed by atoms with Crippen molar-refractivity contribution in [3.8, 4) is 0 Å². The predicted octanol–water partition coefficient (Wildman–Crippen LogP) is 1.39. The van der Waals surface area contributed by atoms with Gasteiger partial charge in [-0.25, -0.2) is 4.79 Å². The van der Waals surface area contributed by atoms with Crippen LogP contribution in [0.3, 0.4) is 0 Å². The number of aromatic nitrogens is 2. The number of benzene rings is 1. The number of aryl methyl sites for hydroxylation is 1. The van der Waals surface area contributed by atoms with Gasteiger partial charge in [0, 0.05) is 19.9 Å². The van der Waals surface area contributed by atoms with Gasteiger partial charge in [0.2, 0.25) is 0 Å². The molecule has 1 aliphatic carbocycles. The zero-order valence-corrected chi connectivity index (χ0v) is 9.69. The summed E-state index contributed by atoms with van der Waals surface area (Å²) < 4.78 is 1.64. The van der Waals surface area contributed by atoms with Crippen molar-refractivity contribution in [2.75, 3.05) is 0 Å². The summed E-state index contributed by atoms with van der Waals surface area (Å²) in [6.07, 6.45) is 2.26. The van der Waals surface area contributed by atoms with Crippen molar-refractivity contribution in [3.05, 3.63) is 34.2 Å². The van der Waals surface area contributed by atoms with E-state index in [-0.39, 0.29) is 5.69 Å². The van der Waals surface area contributed by atoms with Gasteiger partial charge in [-0.2, -0.15) is 0 Å². The number of hydrogen-bond donors (Lipinski definition) is 1. The number of imidazole rings is 1. The molecule has 88 valence electrons. The number of aromatic amines is 1. The van der Waals surface area contributed by atoms with E-state index in [0.29, 0.717) is 24.5 Å². The number of rotatable bonds is 2. The number of para-hydroxylation sites is 1. The summed E-state index contributed by atoms with van der Waals surface area (Å²) >= 11 is 0. The summed E-state index contributed by atoms with van der Waals surface area (Å²) in [7, 11) is 1.77. The zero-order valence-electron chi connectivity index (χ0n) is 9.69. The lowest BCUT2D eigenvalue weighted by molar-refractivity contribution is -0.126. The van der Waals surface area contributed by atoms with Gasteiger partial charge >= 0.3 is 5.69 Å². The number of H-pyrrole nitrogens is 1. The summed E-state index contributed by atoms with van der Waals surface area (Å²) in [5.74, 6) is 0.809. The molecule has 1 aliphatic rings. The lowest BCUT2D eigenvalue weighted by Crippen LogP contribution is -2.25. The third kappa shape index (κ3) is 1.60. The average Bonchev–Trinajstić information content (AvgIpc) is 2.54. The second kappa shape index (κ2) is 3.58. The van der Waals surface area contributed by atoms with Crippen LogP contribution in [0.4, 0.5) is 0 Å². The van der Waals surface area contributed by atoms with Crippen LogP contribution in [-0.4, -0.2) is 15.3 Å². The van der Waals surface area contributed by atoms with E-state index < -0.39 is 0 Å². The fraction of sp³-hybridized carbons (Fsp3) is 0.385. The first-order valence-electron chi connectivity index (χ1n) is 5.83. The van der Waals surface area contributed by atoms with Crippen molar-refractivity contribution in [3.63, 3.8) is 0 Å². The standard InChI is InChI=1S/C13H14N2O2/c1-15-12-9(5-8-6-10(16)7-8)3-2-4-11(12)14-13(15)17/h2-4,8H,5-7H2,1H3,(H,14,17). The van der Waals surface area contributed by atoms with Crippen LogP contribution >= 0.6 is 0 Å². The number of nitrogens with one attached hydrogen (secondary N) is 1. The smallest absolute Gasteiger partial charge is 0.306 e. The summed E-state index contributed by atoms with van der Waals surface area (Å²) in [6, 6.07) is 5.90. The molecule has 3 rings (SSSR count). The highest BCUT2D eigenvalue weighted by Gasteiger charge is 2.27. The molecule has 0 radical (unpaired) electrons. The molecule has 0 spiro atoms. The molecule has 1 aromatic carbocycles. The molecule has 0 amide bonds. The van der Waals surface area contributed by atoms with Gasteiger partial charge < -0.3 is 4.98 Å². The molecule has 2 aromatic rings. The van der Waals surface area contributed by atoms with Gasteiger partial charge in [-0.15, -0.1) is 0 Å². The average molecular weight is 230 g/mol. The van der Waals surface area contributed by atoms with E-state index in [4.69, 9.17) is 0 Å². The number of fused-ring (bicyclic) bond motifs is 1. The van der Waals surface area contributed by atoms with Crippen LogP contribution < -0.4 is 5.69 Å². The minimum Gasteiger partial charge on any atom is -0.306 e. The zero-order chi connectivity index (χ0) is 12.0. The quantitative estimate of drug-likeness (QED) is 0.847. The normalized spacial score (nSPS) is 16.4. The summed E-state index contributed by atoms with van der Waals surface area (Å²) in [6.45, 7) is 0. The minimum absolute atomic E-state index is 0.0860. The Labute approximate surface area is 98.3 Å². The predicted molar refractivity (Wildman–Crippen MR) is 65.0 cm³/mol. The molecule has 1 N–H and O–H groups in total. The summed E-state index contributed by atoms with van der Waals surface area (Å²) in [5.41, 5.74) is 2.91. The van der Waals surface area contributed by atoms with Crippen LogP contribution in [0.2, 0.25) is 0 Å². The second-order valence-electron chi connectivity index (χ2n) is 4.82. The van der Waals surface area contributed by atoms with E-state index in [0.717, 1.165) is 23.0 Å². The van der Waals surface area contributed by atoms with Gasteiger partial charge in [0.1, 0.15) is 5.78 Å². The maximum atomic E-state index is 11.6. The Morgan fingerprint density at radius 3 is 2.82 bits per heavy atom. The molecule has 0 saturated heterocycles. The maximum absolute atomic E-state index is 11.6. The fourth-order valence-electron chi connectivity index (χ4n) is 2.59. The maximum Gasteiger partial charge on any atom is 0.326 e. The van der Waals surface area contributed by atoms with Crippen LogP contribution in [0.15, 0.2) is 23.0 Å².